The molecule has 0 heterocycles. The first-order valence-corrected chi connectivity index (χ1v) is 2.50. The highest BCUT2D eigenvalue weighted by atomic mass is 16.6. The molecule has 1 radical (unpaired) electrons. The molecular formula is C5H11O2. The Balaban J connectivity index is 2.83. The van der Waals surface area contributed by atoms with E-state index in [0.717, 1.165) is 6.42 Å². The second-order valence-corrected chi connectivity index (χ2v) is 1.45. The van der Waals surface area contributed by atoms with Gasteiger partial charge in [-0.3, -0.25) is 0 Å². The van der Waals surface area contributed by atoms with Gasteiger partial charge >= 0.3 is 0 Å². The molecule has 0 aliphatic rings. The molecule has 43 valence electrons. The SMILES string of the molecule is CCCC([O])OC. The van der Waals surface area contributed by atoms with Crippen LogP contribution in [0.2, 0.25) is 0 Å². The van der Waals surface area contributed by atoms with Crippen LogP contribution < -0.4 is 0 Å². The van der Waals surface area contributed by atoms with E-state index in [0.29, 0.717) is 6.42 Å². The van der Waals surface area contributed by atoms with Crippen molar-refractivity contribution in [3.05, 3.63) is 0 Å². The van der Waals surface area contributed by atoms with Crippen LogP contribution >= 0.6 is 0 Å². The third kappa shape index (κ3) is 3.76. The highest BCUT2D eigenvalue weighted by Crippen LogP contribution is 1.94. The van der Waals surface area contributed by atoms with Gasteiger partial charge in [-0.1, -0.05) is 13.3 Å². The molecule has 0 aromatic heterocycles. The predicted octanol–water partition coefficient (Wildman–Crippen LogP) is 1.19. The maximum Gasteiger partial charge on any atom is 0.190 e. The summed E-state index contributed by atoms with van der Waals surface area (Å²) in [4.78, 5) is 0. The Morgan fingerprint density at radius 1 is 1.71 bits per heavy atom. The zero-order valence-corrected chi connectivity index (χ0v) is 4.81. The summed E-state index contributed by atoms with van der Waals surface area (Å²) in [6, 6.07) is 0. The Bertz CT molecular complexity index is 37.1. The van der Waals surface area contributed by atoms with Crippen LogP contribution in [-0.2, 0) is 9.84 Å². The molecule has 0 aromatic rings. The van der Waals surface area contributed by atoms with Crippen molar-refractivity contribution in [2.24, 2.45) is 0 Å². The molecule has 0 fully saturated rings. The first kappa shape index (κ1) is 6.92. The lowest BCUT2D eigenvalue weighted by molar-refractivity contribution is -0.123. The van der Waals surface area contributed by atoms with E-state index < -0.39 is 6.29 Å². The van der Waals surface area contributed by atoms with Crippen molar-refractivity contribution in [2.75, 3.05) is 7.11 Å². The normalized spacial score (nSPS) is 14.1. The van der Waals surface area contributed by atoms with Crippen molar-refractivity contribution in [3.8, 4) is 0 Å². The van der Waals surface area contributed by atoms with Crippen LogP contribution in [0.4, 0.5) is 0 Å². The zero-order chi connectivity index (χ0) is 5.70. The van der Waals surface area contributed by atoms with E-state index in [1.165, 1.54) is 7.11 Å². The predicted molar refractivity (Wildman–Crippen MR) is 26.4 cm³/mol. The van der Waals surface area contributed by atoms with Crippen LogP contribution in [0, 0.1) is 0 Å². The van der Waals surface area contributed by atoms with E-state index >= 15 is 0 Å². The minimum Gasteiger partial charge on any atom is -0.353 e. The molecule has 0 rings (SSSR count). The third-order valence-corrected chi connectivity index (χ3v) is 0.787. The largest absolute Gasteiger partial charge is 0.353 e. The smallest absolute Gasteiger partial charge is 0.190 e. The average Bonchev–Trinajstić information content (AvgIpc) is 1.68. The first-order valence-electron chi connectivity index (χ1n) is 2.50. The van der Waals surface area contributed by atoms with Gasteiger partial charge in [0.05, 0.1) is 0 Å². The molecule has 0 bridgehead atoms. The highest BCUT2D eigenvalue weighted by Gasteiger charge is 1.97. The van der Waals surface area contributed by atoms with Crippen molar-refractivity contribution in [3.63, 3.8) is 0 Å². The van der Waals surface area contributed by atoms with Gasteiger partial charge in [0.15, 0.2) is 6.29 Å². The lowest BCUT2D eigenvalue weighted by atomic mass is 10.3. The first-order chi connectivity index (χ1) is 3.31. The van der Waals surface area contributed by atoms with Crippen molar-refractivity contribution < 1.29 is 9.84 Å². The number of hydrogen-bond donors (Lipinski definition) is 0. The average molecular weight is 103 g/mol. The molecule has 0 amide bonds. The number of rotatable bonds is 3. The quantitative estimate of drug-likeness (QED) is 0.493. The summed E-state index contributed by atoms with van der Waals surface area (Å²) in [6.45, 7) is 1.96. The molecule has 1 unspecified atom stereocenters. The maximum absolute atomic E-state index is 10.3. The van der Waals surface area contributed by atoms with Gasteiger partial charge in [-0.2, -0.15) is 0 Å². The Morgan fingerprint density at radius 2 is 2.29 bits per heavy atom. The van der Waals surface area contributed by atoms with Crippen molar-refractivity contribution in [1.82, 2.24) is 0 Å². The van der Waals surface area contributed by atoms with E-state index in [4.69, 9.17) is 0 Å². The van der Waals surface area contributed by atoms with E-state index in [-0.39, 0.29) is 0 Å². The Morgan fingerprint density at radius 3 is 2.43 bits per heavy atom. The van der Waals surface area contributed by atoms with Gasteiger partial charge in [0.1, 0.15) is 0 Å². The lowest BCUT2D eigenvalue weighted by Crippen LogP contribution is -2.04. The minimum atomic E-state index is -0.801. The fraction of sp³-hybridized carbons (Fsp3) is 1.00. The molecule has 1 atom stereocenters. The number of hydrogen-bond acceptors (Lipinski definition) is 1. The number of ether oxygens (including phenoxy) is 1. The second-order valence-electron chi connectivity index (χ2n) is 1.45. The summed E-state index contributed by atoms with van der Waals surface area (Å²) in [5.41, 5.74) is 0. The Hall–Kier alpha value is -0.0800. The van der Waals surface area contributed by atoms with E-state index in [9.17, 15) is 5.11 Å². The van der Waals surface area contributed by atoms with Crippen LogP contribution in [0.25, 0.3) is 0 Å². The van der Waals surface area contributed by atoms with Crippen LogP contribution in [0.1, 0.15) is 19.8 Å². The molecule has 0 aromatic carbocycles. The monoisotopic (exact) mass is 103 g/mol. The van der Waals surface area contributed by atoms with Crippen molar-refractivity contribution in [1.29, 1.82) is 0 Å². The summed E-state index contributed by atoms with van der Waals surface area (Å²) in [6.07, 6.45) is 0.725. The van der Waals surface area contributed by atoms with Gasteiger partial charge in [0.2, 0.25) is 0 Å². The van der Waals surface area contributed by atoms with Gasteiger partial charge < -0.3 is 4.74 Å². The molecule has 0 saturated heterocycles. The van der Waals surface area contributed by atoms with Gasteiger partial charge in [-0.05, 0) is 0 Å². The highest BCUT2D eigenvalue weighted by molar-refractivity contribution is 4.34. The molecular weight excluding hydrogens is 92.1 g/mol. The standard InChI is InChI=1S/C5H11O2/c1-3-4-5(6)7-2/h5H,3-4H2,1-2H3. The molecule has 0 aliphatic carbocycles. The summed E-state index contributed by atoms with van der Waals surface area (Å²) in [5, 5.41) is 10.3. The van der Waals surface area contributed by atoms with Crippen LogP contribution in [0.5, 0.6) is 0 Å². The van der Waals surface area contributed by atoms with Gasteiger partial charge in [0, 0.05) is 13.5 Å². The Kier molecular flexibility index (Phi) is 4.04. The van der Waals surface area contributed by atoms with Gasteiger partial charge in [0.25, 0.3) is 0 Å². The molecule has 2 heteroatoms. The fourth-order valence-corrected chi connectivity index (χ4v) is 0.354. The van der Waals surface area contributed by atoms with Crippen LogP contribution in [0.15, 0.2) is 0 Å². The topological polar surface area (TPSA) is 29.1 Å². The van der Waals surface area contributed by atoms with E-state index in [2.05, 4.69) is 4.74 Å². The summed E-state index contributed by atoms with van der Waals surface area (Å²) in [7, 11) is 1.44. The van der Waals surface area contributed by atoms with E-state index in [1.807, 2.05) is 6.92 Å². The summed E-state index contributed by atoms with van der Waals surface area (Å²) < 4.78 is 4.44. The van der Waals surface area contributed by atoms with Gasteiger partial charge in [-0.15, -0.1) is 0 Å². The molecule has 0 aliphatic heterocycles. The van der Waals surface area contributed by atoms with Gasteiger partial charge in [-0.25, -0.2) is 5.11 Å². The fourth-order valence-electron chi connectivity index (χ4n) is 0.354. The summed E-state index contributed by atoms with van der Waals surface area (Å²) >= 11 is 0. The second kappa shape index (κ2) is 4.09. The molecule has 0 saturated carbocycles. The molecule has 0 spiro atoms. The van der Waals surface area contributed by atoms with Crippen LogP contribution in [0.3, 0.4) is 0 Å². The minimum absolute atomic E-state index is 0.622. The number of methoxy groups -OCH3 is 1. The van der Waals surface area contributed by atoms with Crippen molar-refractivity contribution in [2.45, 2.75) is 26.1 Å². The maximum atomic E-state index is 10.3. The molecule has 7 heavy (non-hydrogen) atoms. The van der Waals surface area contributed by atoms with Crippen LogP contribution in [-0.4, -0.2) is 13.4 Å². The third-order valence-electron chi connectivity index (χ3n) is 0.787. The zero-order valence-electron chi connectivity index (χ0n) is 4.81. The lowest BCUT2D eigenvalue weighted by Gasteiger charge is -2.00. The molecule has 2 nitrogen and oxygen atoms in total. The molecule has 0 N–H and O–H groups in total. The Labute approximate surface area is 44.1 Å². The van der Waals surface area contributed by atoms with Crippen molar-refractivity contribution >= 4 is 0 Å². The van der Waals surface area contributed by atoms with E-state index in [1.54, 1.807) is 0 Å². The summed E-state index contributed by atoms with van der Waals surface area (Å²) in [5.74, 6) is 0.